The van der Waals surface area contributed by atoms with Crippen molar-refractivity contribution in [3.8, 4) is 0 Å². The topological polar surface area (TPSA) is 54.2 Å². The Morgan fingerprint density at radius 2 is 2.38 bits per heavy atom. The molecule has 0 bridgehead atoms. The summed E-state index contributed by atoms with van der Waals surface area (Å²) in [5.74, 6) is 0.829. The smallest absolute Gasteiger partial charge is 0.191 e. The Morgan fingerprint density at radius 3 is 2.88 bits per heavy atom. The second-order valence-corrected chi connectivity index (χ2v) is 3.83. The molecule has 0 aliphatic rings. The molecule has 16 heavy (non-hydrogen) atoms. The van der Waals surface area contributed by atoms with Crippen molar-refractivity contribution in [2.24, 2.45) is 12.0 Å². The minimum absolute atomic E-state index is 0.428. The summed E-state index contributed by atoms with van der Waals surface area (Å²) < 4.78 is 1.85. The van der Waals surface area contributed by atoms with Crippen molar-refractivity contribution in [2.45, 2.75) is 32.9 Å². The summed E-state index contributed by atoms with van der Waals surface area (Å²) in [7, 11) is 3.71. The van der Waals surface area contributed by atoms with Gasteiger partial charge in [-0.05, 0) is 19.4 Å². The molecule has 0 aromatic carbocycles. The van der Waals surface area contributed by atoms with E-state index >= 15 is 0 Å². The summed E-state index contributed by atoms with van der Waals surface area (Å²) >= 11 is 0. The Morgan fingerprint density at radius 1 is 1.62 bits per heavy atom. The van der Waals surface area contributed by atoms with Crippen molar-refractivity contribution in [3.63, 3.8) is 0 Å². The number of guanidine groups is 1. The van der Waals surface area contributed by atoms with Crippen molar-refractivity contribution in [3.05, 3.63) is 18.0 Å². The van der Waals surface area contributed by atoms with Gasteiger partial charge < -0.3 is 10.6 Å². The molecule has 1 heterocycles. The quantitative estimate of drug-likeness (QED) is 0.588. The molecule has 0 amide bonds. The first-order valence-electron chi connectivity index (χ1n) is 5.61. The highest BCUT2D eigenvalue weighted by Crippen LogP contribution is 1.95. The molecular weight excluding hydrogens is 202 g/mol. The standard InChI is InChI=1S/C11H21N5/c1-5-9(2)15-11(12-3)13-8-10-6-7-14-16(10)4/h6-7,9H,5,8H2,1-4H3,(H2,12,13,15). The van der Waals surface area contributed by atoms with E-state index in [0.717, 1.165) is 24.6 Å². The Kier molecular flexibility index (Phi) is 4.82. The summed E-state index contributed by atoms with van der Waals surface area (Å²) in [4.78, 5) is 4.17. The maximum Gasteiger partial charge on any atom is 0.191 e. The van der Waals surface area contributed by atoms with Crippen LogP contribution >= 0.6 is 0 Å². The van der Waals surface area contributed by atoms with Crippen molar-refractivity contribution in [1.29, 1.82) is 0 Å². The lowest BCUT2D eigenvalue weighted by atomic mass is 10.3. The zero-order valence-electron chi connectivity index (χ0n) is 10.5. The van der Waals surface area contributed by atoms with E-state index < -0.39 is 0 Å². The van der Waals surface area contributed by atoms with E-state index in [1.54, 1.807) is 13.2 Å². The van der Waals surface area contributed by atoms with E-state index in [1.807, 2.05) is 17.8 Å². The zero-order valence-corrected chi connectivity index (χ0v) is 10.5. The maximum absolute atomic E-state index is 4.17. The minimum Gasteiger partial charge on any atom is -0.354 e. The molecule has 0 saturated carbocycles. The second kappa shape index (κ2) is 6.15. The lowest BCUT2D eigenvalue weighted by Crippen LogP contribution is -2.41. The average molecular weight is 223 g/mol. The van der Waals surface area contributed by atoms with E-state index in [9.17, 15) is 0 Å². The van der Waals surface area contributed by atoms with Crippen LogP contribution in [0.15, 0.2) is 17.3 Å². The highest BCUT2D eigenvalue weighted by atomic mass is 15.3. The van der Waals surface area contributed by atoms with Crippen molar-refractivity contribution < 1.29 is 0 Å². The number of aryl methyl sites for hydroxylation is 1. The summed E-state index contributed by atoms with van der Waals surface area (Å²) in [5, 5.41) is 10.7. The van der Waals surface area contributed by atoms with Gasteiger partial charge in [-0.3, -0.25) is 9.67 Å². The molecule has 0 saturated heterocycles. The maximum atomic E-state index is 4.17. The van der Waals surface area contributed by atoms with Gasteiger partial charge in [0, 0.05) is 26.3 Å². The highest BCUT2D eigenvalue weighted by molar-refractivity contribution is 5.79. The minimum atomic E-state index is 0.428. The molecule has 1 aromatic heterocycles. The molecule has 0 spiro atoms. The molecule has 0 radical (unpaired) electrons. The summed E-state index contributed by atoms with van der Waals surface area (Å²) in [6.45, 7) is 5.01. The van der Waals surface area contributed by atoms with E-state index in [0.29, 0.717) is 6.04 Å². The molecule has 0 aliphatic carbocycles. The van der Waals surface area contributed by atoms with Gasteiger partial charge in [-0.15, -0.1) is 0 Å². The summed E-state index contributed by atoms with van der Waals surface area (Å²) in [5.41, 5.74) is 1.13. The van der Waals surface area contributed by atoms with Crippen molar-refractivity contribution >= 4 is 5.96 Å². The fraction of sp³-hybridized carbons (Fsp3) is 0.636. The average Bonchev–Trinajstić information content (AvgIpc) is 2.69. The van der Waals surface area contributed by atoms with Gasteiger partial charge in [0.2, 0.25) is 0 Å². The van der Waals surface area contributed by atoms with Crippen LogP contribution in [0.25, 0.3) is 0 Å². The van der Waals surface area contributed by atoms with Gasteiger partial charge >= 0.3 is 0 Å². The van der Waals surface area contributed by atoms with Gasteiger partial charge in [0.1, 0.15) is 0 Å². The van der Waals surface area contributed by atoms with Crippen LogP contribution in [0.1, 0.15) is 26.0 Å². The Balaban J connectivity index is 2.44. The molecule has 0 fully saturated rings. The van der Waals surface area contributed by atoms with Gasteiger partial charge in [-0.2, -0.15) is 5.10 Å². The first kappa shape index (κ1) is 12.5. The van der Waals surface area contributed by atoms with Crippen LogP contribution in [-0.4, -0.2) is 28.8 Å². The Labute approximate surface area is 97.0 Å². The fourth-order valence-electron chi connectivity index (χ4n) is 1.28. The summed E-state index contributed by atoms with van der Waals surface area (Å²) in [6.07, 6.45) is 2.87. The van der Waals surface area contributed by atoms with E-state index in [1.165, 1.54) is 0 Å². The molecule has 1 unspecified atom stereocenters. The predicted octanol–water partition coefficient (Wildman–Crippen LogP) is 0.884. The number of hydrogen-bond donors (Lipinski definition) is 2. The van der Waals surface area contributed by atoms with Crippen LogP contribution in [0.4, 0.5) is 0 Å². The monoisotopic (exact) mass is 223 g/mol. The van der Waals surface area contributed by atoms with E-state index in [2.05, 4.69) is 34.6 Å². The first-order chi connectivity index (χ1) is 7.67. The van der Waals surface area contributed by atoms with Gasteiger partial charge in [0.25, 0.3) is 0 Å². The molecule has 5 heteroatoms. The highest BCUT2D eigenvalue weighted by Gasteiger charge is 2.03. The Bertz CT molecular complexity index is 342. The first-order valence-corrected chi connectivity index (χ1v) is 5.61. The fourth-order valence-corrected chi connectivity index (χ4v) is 1.28. The molecule has 5 nitrogen and oxygen atoms in total. The molecule has 1 rings (SSSR count). The van der Waals surface area contributed by atoms with Crippen LogP contribution in [0.5, 0.6) is 0 Å². The number of rotatable bonds is 4. The number of nitrogens with one attached hydrogen (secondary N) is 2. The normalized spacial score (nSPS) is 13.6. The van der Waals surface area contributed by atoms with Gasteiger partial charge in [0.05, 0.1) is 12.2 Å². The van der Waals surface area contributed by atoms with Gasteiger partial charge in [0.15, 0.2) is 5.96 Å². The largest absolute Gasteiger partial charge is 0.354 e. The third kappa shape index (κ3) is 3.56. The lowest BCUT2D eigenvalue weighted by Gasteiger charge is -2.16. The van der Waals surface area contributed by atoms with Crippen LogP contribution < -0.4 is 10.6 Å². The van der Waals surface area contributed by atoms with Crippen LogP contribution in [0, 0.1) is 0 Å². The van der Waals surface area contributed by atoms with Crippen LogP contribution in [0.2, 0.25) is 0 Å². The van der Waals surface area contributed by atoms with Gasteiger partial charge in [-0.25, -0.2) is 0 Å². The number of aliphatic imine (C=N–C) groups is 1. The van der Waals surface area contributed by atoms with Crippen LogP contribution in [0.3, 0.4) is 0 Å². The summed E-state index contributed by atoms with van der Waals surface area (Å²) in [6, 6.07) is 2.42. The van der Waals surface area contributed by atoms with Crippen LogP contribution in [-0.2, 0) is 13.6 Å². The van der Waals surface area contributed by atoms with Crippen molar-refractivity contribution in [2.75, 3.05) is 7.05 Å². The van der Waals surface area contributed by atoms with E-state index in [-0.39, 0.29) is 0 Å². The molecule has 90 valence electrons. The second-order valence-electron chi connectivity index (χ2n) is 3.83. The van der Waals surface area contributed by atoms with Crippen molar-refractivity contribution in [1.82, 2.24) is 20.4 Å². The third-order valence-corrected chi connectivity index (χ3v) is 2.58. The molecule has 1 atom stereocenters. The zero-order chi connectivity index (χ0) is 12.0. The van der Waals surface area contributed by atoms with E-state index in [4.69, 9.17) is 0 Å². The molecular formula is C11H21N5. The number of hydrogen-bond acceptors (Lipinski definition) is 2. The Hall–Kier alpha value is -1.52. The molecule has 2 N–H and O–H groups in total. The SMILES string of the molecule is CCC(C)NC(=NC)NCc1ccnn1C. The molecule has 0 aliphatic heterocycles. The third-order valence-electron chi connectivity index (χ3n) is 2.58. The van der Waals surface area contributed by atoms with Gasteiger partial charge in [-0.1, -0.05) is 6.92 Å². The number of nitrogens with zero attached hydrogens (tertiary/aromatic N) is 3. The lowest BCUT2D eigenvalue weighted by molar-refractivity contribution is 0.617. The molecule has 1 aromatic rings. The predicted molar refractivity (Wildman–Crippen MR) is 66.3 cm³/mol. The number of aromatic nitrogens is 2.